The minimum absolute atomic E-state index is 0.701. The zero-order chi connectivity index (χ0) is 9.23. The predicted octanol–water partition coefficient (Wildman–Crippen LogP) is -0.299. The van der Waals surface area contributed by atoms with Crippen LogP contribution < -0.4 is 5.32 Å². The largest absolute Gasteiger partial charge is 0.380 e. The fourth-order valence-corrected chi connectivity index (χ4v) is 0.791. The second kappa shape index (κ2) is 8.49. The van der Waals surface area contributed by atoms with E-state index in [0.29, 0.717) is 6.54 Å². The quantitative estimate of drug-likeness (QED) is 0.406. The number of nitrogens with one attached hydrogen (secondary N) is 1. The number of carbonyl (C=O) groups is 1. The van der Waals surface area contributed by atoms with Crippen LogP contribution in [0, 0.1) is 0 Å². The van der Waals surface area contributed by atoms with Crippen LogP contribution in [0.5, 0.6) is 0 Å². The Morgan fingerprint density at radius 1 is 1.50 bits per heavy atom. The van der Waals surface area contributed by atoms with Crippen LogP contribution >= 0.6 is 0 Å². The normalized spacial score (nSPS) is 10.2. The molecule has 0 saturated carbocycles. The third-order valence-electron chi connectivity index (χ3n) is 1.54. The van der Waals surface area contributed by atoms with Crippen molar-refractivity contribution in [2.45, 2.75) is 6.92 Å². The average Bonchev–Trinajstić information content (AvgIpc) is 2.06. The van der Waals surface area contributed by atoms with E-state index in [1.807, 2.05) is 14.0 Å². The Bertz CT molecular complexity index is 109. The van der Waals surface area contributed by atoms with Gasteiger partial charge in [0.05, 0.1) is 6.61 Å². The van der Waals surface area contributed by atoms with Crippen molar-refractivity contribution in [3.63, 3.8) is 0 Å². The molecule has 0 aromatic heterocycles. The number of rotatable bonds is 8. The summed E-state index contributed by atoms with van der Waals surface area (Å²) in [5.41, 5.74) is 0. The average molecular weight is 174 g/mol. The van der Waals surface area contributed by atoms with E-state index in [1.165, 1.54) is 0 Å². The number of hydrogen-bond acceptors (Lipinski definition) is 3. The van der Waals surface area contributed by atoms with Gasteiger partial charge in [0.25, 0.3) is 0 Å². The van der Waals surface area contributed by atoms with Crippen LogP contribution in [0.2, 0.25) is 0 Å². The monoisotopic (exact) mass is 174 g/mol. The lowest BCUT2D eigenvalue weighted by Gasteiger charge is -2.15. The number of hydrogen-bond donors (Lipinski definition) is 1. The molecule has 0 rings (SSSR count). The van der Waals surface area contributed by atoms with E-state index in [1.54, 1.807) is 0 Å². The Balaban J connectivity index is 3.09. The van der Waals surface area contributed by atoms with Crippen LogP contribution in [-0.2, 0) is 9.53 Å². The van der Waals surface area contributed by atoms with E-state index in [-0.39, 0.29) is 0 Å². The number of likely N-dealkylation sites (N-methyl/N-ethyl adjacent to an activating group) is 1. The molecule has 1 amide bonds. The van der Waals surface area contributed by atoms with E-state index in [0.717, 1.165) is 32.7 Å². The molecular weight excluding hydrogens is 156 g/mol. The van der Waals surface area contributed by atoms with Crippen molar-refractivity contribution in [3.8, 4) is 0 Å². The Labute approximate surface area is 73.9 Å². The van der Waals surface area contributed by atoms with Crippen LogP contribution in [0.25, 0.3) is 0 Å². The summed E-state index contributed by atoms with van der Waals surface area (Å²) < 4.78 is 5.18. The highest BCUT2D eigenvalue weighted by molar-refractivity contribution is 5.45. The lowest BCUT2D eigenvalue weighted by molar-refractivity contribution is -0.109. The lowest BCUT2D eigenvalue weighted by atomic mass is 10.5. The molecule has 12 heavy (non-hydrogen) atoms. The third kappa shape index (κ3) is 7.50. The first-order valence-corrected chi connectivity index (χ1v) is 4.24. The highest BCUT2D eigenvalue weighted by Crippen LogP contribution is 1.81. The maximum atomic E-state index is 9.89. The van der Waals surface area contributed by atoms with E-state index in [9.17, 15) is 4.79 Å². The van der Waals surface area contributed by atoms with E-state index < -0.39 is 0 Å². The second-order valence-corrected chi connectivity index (χ2v) is 2.57. The Kier molecular flexibility index (Phi) is 8.05. The summed E-state index contributed by atoms with van der Waals surface area (Å²) in [6.07, 6.45) is 0.719. The molecule has 0 saturated heterocycles. The van der Waals surface area contributed by atoms with Gasteiger partial charge in [-0.15, -0.1) is 0 Å². The number of nitrogens with zero attached hydrogens (tertiary/aromatic N) is 1. The van der Waals surface area contributed by atoms with Gasteiger partial charge >= 0.3 is 0 Å². The van der Waals surface area contributed by atoms with Gasteiger partial charge in [-0.3, -0.25) is 4.79 Å². The molecule has 0 fully saturated rings. The molecule has 0 radical (unpaired) electrons. The van der Waals surface area contributed by atoms with E-state index in [4.69, 9.17) is 4.74 Å². The smallest absolute Gasteiger partial charge is 0.207 e. The lowest BCUT2D eigenvalue weighted by Crippen LogP contribution is -2.31. The summed E-state index contributed by atoms with van der Waals surface area (Å²) in [7, 11) is 2.01. The van der Waals surface area contributed by atoms with Gasteiger partial charge in [-0.2, -0.15) is 0 Å². The molecule has 0 unspecified atom stereocenters. The fraction of sp³-hybridized carbons (Fsp3) is 0.875. The molecular formula is C8H18N2O2. The second-order valence-electron chi connectivity index (χ2n) is 2.57. The summed E-state index contributed by atoms with van der Waals surface area (Å²) in [6, 6.07) is 0. The highest BCUT2D eigenvalue weighted by Gasteiger charge is 1.95. The minimum Gasteiger partial charge on any atom is -0.380 e. The van der Waals surface area contributed by atoms with Crippen molar-refractivity contribution in [3.05, 3.63) is 0 Å². The SMILES string of the molecule is CCOCCN(C)CCNC=O. The van der Waals surface area contributed by atoms with Gasteiger partial charge in [-0.05, 0) is 14.0 Å². The fourth-order valence-electron chi connectivity index (χ4n) is 0.791. The van der Waals surface area contributed by atoms with E-state index in [2.05, 4.69) is 10.2 Å². The summed E-state index contributed by atoms with van der Waals surface area (Å²) in [4.78, 5) is 12.0. The van der Waals surface area contributed by atoms with Gasteiger partial charge in [0.2, 0.25) is 6.41 Å². The molecule has 0 spiro atoms. The molecule has 0 aliphatic heterocycles. The Morgan fingerprint density at radius 2 is 2.25 bits per heavy atom. The van der Waals surface area contributed by atoms with Gasteiger partial charge in [-0.1, -0.05) is 0 Å². The Hall–Kier alpha value is -0.610. The molecule has 0 atom stereocenters. The highest BCUT2D eigenvalue weighted by atomic mass is 16.5. The summed E-state index contributed by atoms with van der Waals surface area (Å²) in [6.45, 7) is 5.98. The van der Waals surface area contributed by atoms with Crippen LogP contribution in [0.15, 0.2) is 0 Å². The first-order chi connectivity index (χ1) is 5.81. The topological polar surface area (TPSA) is 41.6 Å². The van der Waals surface area contributed by atoms with Gasteiger partial charge in [0, 0.05) is 26.2 Å². The zero-order valence-corrected chi connectivity index (χ0v) is 7.88. The molecule has 1 N–H and O–H groups in total. The van der Waals surface area contributed by atoms with Gasteiger partial charge in [0.1, 0.15) is 0 Å². The molecule has 0 aliphatic rings. The third-order valence-corrected chi connectivity index (χ3v) is 1.54. The van der Waals surface area contributed by atoms with Crippen molar-refractivity contribution < 1.29 is 9.53 Å². The predicted molar refractivity (Wildman–Crippen MR) is 48.1 cm³/mol. The number of carbonyl (C=O) groups excluding carboxylic acids is 1. The standard InChI is InChI=1S/C8H18N2O2/c1-3-12-7-6-10(2)5-4-9-8-11/h8H,3-7H2,1-2H3,(H,9,11). The van der Waals surface area contributed by atoms with Crippen molar-refractivity contribution >= 4 is 6.41 Å². The van der Waals surface area contributed by atoms with Gasteiger partial charge < -0.3 is 15.0 Å². The first-order valence-electron chi connectivity index (χ1n) is 4.24. The number of amides is 1. The van der Waals surface area contributed by atoms with Crippen molar-refractivity contribution in [2.24, 2.45) is 0 Å². The molecule has 4 heteroatoms. The summed E-state index contributed by atoms with van der Waals surface area (Å²) in [5, 5.41) is 2.61. The van der Waals surface area contributed by atoms with Crippen molar-refractivity contribution in [2.75, 3.05) is 39.9 Å². The summed E-state index contributed by atoms with van der Waals surface area (Å²) >= 11 is 0. The molecule has 0 aliphatic carbocycles. The van der Waals surface area contributed by atoms with Crippen molar-refractivity contribution in [1.82, 2.24) is 10.2 Å². The molecule has 0 aromatic carbocycles. The van der Waals surface area contributed by atoms with Gasteiger partial charge in [0.15, 0.2) is 0 Å². The van der Waals surface area contributed by atoms with Crippen LogP contribution in [-0.4, -0.2) is 51.2 Å². The first kappa shape index (κ1) is 11.4. The molecule has 72 valence electrons. The molecule has 0 aromatic rings. The van der Waals surface area contributed by atoms with Crippen LogP contribution in [0.4, 0.5) is 0 Å². The molecule has 0 bridgehead atoms. The molecule has 4 nitrogen and oxygen atoms in total. The Morgan fingerprint density at radius 3 is 2.83 bits per heavy atom. The van der Waals surface area contributed by atoms with Crippen LogP contribution in [0.3, 0.4) is 0 Å². The van der Waals surface area contributed by atoms with E-state index >= 15 is 0 Å². The minimum atomic E-state index is 0.701. The maximum absolute atomic E-state index is 9.89. The van der Waals surface area contributed by atoms with Crippen molar-refractivity contribution in [1.29, 1.82) is 0 Å². The maximum Gasteiger partial charge on any atom is 0.207 e. The van der Waals surface area contributed by atoms with Gasteiger partial charge in [-0.25, -0.2) is 0 Å². The number of ether oxygens (including phenoxy) is 1. The zero-order valence-electron chi connectivity index (χ0n) is 7.88. The van der Waals surface area contributed by atoms with Crippen LogP contribution in [0.1, 0.15) is 6.92 Å². The summed E-state index contributed by atoms with van der Waals surface area (Å²) in [5.74, 6) is 0. The molecule has 0 heterocycles.